The minimum atomic E-state index is -4.46. The monoisotopic (exact) mass is 393 g/mol. The number of rotatable bonds is 8. The lowest BCUT2D eigenvalue weighted by Gasteiger charge is -2.23. The van der Waals surface area contributed by atoms with Crippen molar-refractivity contribution < 1.29 is 32.2 Å². The van der Waals surface area contributed by atoms with Crippen LogP contribution in [0.3, 0.4) is 0 Å². The fourth-order valence-electron chi connectivity index (χ4n) is 1.95. The molecule has 5 nitrogen and oxygen atoms in total. The van der Waals surface area contributed by atoms with Gasteiger partial charge in [-0.15, -0.1) is 0 Å². The van der Waals surface area contributed by atoms with Crippen LogP contribution in [0.4, 0.5) is 18.0 Å². The van der Waals surface area contributed by atoms with Gasteiger partial charge in [0.2, 0.25) is 5.91 Å². The summed E-state index contributed by atoms with van der Waals surface area (Å²) < 4.78 is 48.7. The van der Waals surface area contributed by atoms with Crippen LogP contribution < -0.4 is 4.74 Å². The van der Waals surface area contributed by atoms with Crippen molar-refractivity contribution in [3.8, 4) is 5.75 Å². The lowest BCUT2D eigenvalue weighted by atomic mass is 10.2. The third kappa shape index (κ3) is 7.15. The molecule has 0 spiro atoms. The van der Waals surface area contributed by atoms with Gasteiger partial charge in [0, 0.05) is 19.2 Å². The van der Waals surface area contributed by atoms with E-state index in [0.717, 1.165) is 17.0 Å². The van der Waals surface area contributed by atoms with E-state index in [1.807, 2.05) is 6.26 Å². The van der Waals surface area contributed by atoms with Crippen LogP contribution in [-0.4, -0.2) is 48.2 Å². The van der Waals surface area contributed by atoms with Gasteiger partial charge in [-0.1, -0.05) is 13.0 Å². The standard InChI is InChI=1S/C17H22F3NO4S/c1-4-14(25-16(23)21(12(2)22)8-9-26-3)11-24-15-7-5-6-13(10-15)17(18,19)20/h5-7,10,14H,4,8-9,11H2,1-3H3. The quantitative estimate of drug-likeness (QED) is 0.662. The Hall–Kier alpha value is -1.90. The Morgan fingerprint density at radius 2 is 2.00 bits per heavy atom. The van der Waals surface area contributed by atoms with E-state index in [4.69, 9.17) is 9.47 Å². The molecule has 0 saturated carbocycles. The van der Waals surface area contributed by atoms with Crippen LogP contribution in [0.25, 0.3) is 0 Å². The fraction of sp³-hybridized carbons (Fsp3) is 0.529. The summed E-state index contributed by atoms with van der Waals surface area (Å²) >= 11 is 1.48. The lowest BCUT2D eigenvalue weighted by Crippen LogP contribution is -2.40. The Labute approximate surface area is 154 Å². The predicted octanol–water partition coefficient (Wildman–Crippen LogP) is 4.21. The van der Waals surface area contributed by atoms with E-state index >= 15 is 0 Å². The molecule has 1 atom stereocenters. The van der Waals surface area contributed by atoms with Crippen LogP contribution in [0.2, 0.25) is 0 Å². The average molecular weight is 393 g/mol. The summed E-state index contributed by atoms with van der Waals surface area (Å²) in [4.78, 5) is 24.7. The first-order valence-electron chi connectivity index (χ1n) is 7.96. The number of amides is 2. The Morgan fingerprint density at radius 1 is 1.31 bits per heavy atom. The molecule has 1 unspecified atom stereocenters. The molecule has 0 bridgehead atoms. The van der Waals surface area contributed by atoms with Gasteiger partial charge in [-0.3, -0.25) is 4.79 Å². The van der Waals surface area contributed by atoms with Crippen LogP contribution in [0.1, 0.15) is 25.8 Å². The van der Waals surface area contributed by atoms with Crippen LogP contribution >= 0.6 is 11.8 Å². The van der Waals surface area contributed by atoms with Crippen LogP contribution in [0, 0.1) is 0 Å². The topological polar surface area (TPSA) is 55.8 Å². The summed E-state index contributed by atoms with van der Waals surface area (Å²) in [5, 5.41) is 0. The molecular formula is C17H22F3NO4S. The first-order valence-corrected chi connectivity index (χ1v) is 9.36. The Balaban J connectivity index is 2.67. The molecule has 1 aromatic carbocycles. The number of halogens is 3. The van der Waals surface area contributed by atoms with E-state index < -0.39 is 29.8 Å². The number of alkyl halides is 3. The average Bonchev–Trinajstić information content (AvgIpc) is 2.58. The number of benzene rings is 1. The molecule has 0 N–H and O–H groups in total. The van der Waals surface area contributed by atoms with Crippen molar-refractivity contribution >= 4 is 23.8 Å². The Kier molecular flexibility index (Phi) is 8.77. The molecule has 146 valence electrons. The van der Waals surface area contributed by atoms with Gasteiger partial charge < -0.3 is 9.47 Å². The summed E-state index contributed by atoms with van der Waals surface area (Å²) in [6.45, 7) is 3.12. The Morgan fingerprint density at radius 3 is 2.54 bits per heavy atom. The third-order valence-corrected chi connectivity index (χ3v) is 4.03. The maximum Gasteiger partial charge on any atom is 0.416 e. The minimum Gasteiger partial charge on any atom is -0.490 e. The molecule has 1 rings (SSSR count). The van der Waals surface area contributed by atoms with Crippen molar-refractivity contribution in [3.63, 3.8) is 0 Å². The molecule has 26 heavy (non-hydrogen) atoms. The van der Waals surface area contributed by atoms with Gasteiger partial charge in [0.25, 0.3) is 0 Å². The van der Waals surface area contributed by atoms with Crippen LogP contribution in [0.5, 0.6) is 5.75 Å². The molecule has 0 aliphatic carbocycles. The maximum absolute atomic E-state index is 12.7. The van der Waals surface area contributed by atoms with Gasteiger partial charge in [-0.25, -0.2) is 9.69 Å². The molecule has 0 saturated heterocycles. The van der Waals surface area contributed by atoms with Gasteiger partial charge in [-0.05, 0) is 30.9 Å². The van der Waals surface area contributed by atoms with Crippen molar-refractivity contribution in [1.29, 1.82) is 0 Å². The molecule has 0 aromatic heterocycles. The minimum absolute atomic E-state index is 0.0279. The number of carbonyl (C=O) groups is 2. The highest BCUT2D eigenvalue weighted by atomic mass is 32.2. The van der Waals surface area contributed by atoms with E-state index in [1.165, 1.54) is 30.8 Å². The molecule has 2 amide bonds. The van der Waals surface area contributed by atoms with Gasteiger partial charge in [0.05, 0.1) is 5.56 Å². The number of hydrogen-bond donors (Lipinski definition) is 0. The second kappa shape index (κ2) is 10.3. The zero-order valence-electron chi connectivity index (χ0n) is 14.8. The van der Waals surface area contributed by atoms with E-state index in [-0.39, 0.29) is 18.9 Å². The number of thioether (sulfide) groups is 1. The lowest BCUT2D eigenvalue weighted by molar-refractivity contribution is -0.137. The normalized spacial score (nSPS) is 12.4. The zero-order chi connectivity index (χ0) is 19.7. The number of hydrogen-bond acceptors (Lipinski definition) is 5. The summed E-state index contributed by atoms with van der Waals surface area (Å²) in [5.41, 5.74) is -0.820. The highest BCUT2D eigenvalue weighted by molar-refractivity contribution is 7.98. The van der Waals surface area contributed by atoms with Crippen LogP contribution in [0.15, 0.2) is 24.3 Å². The van der Waals surface area contributed by atoms with Crippen molar-refractivity contribution in [2.75, 3.05) is 25.2 Å². The predicted molar refractivity (Wildman–Crippen MR) is 93.3 cm³/mol. The second-order valence-corrected chi connectivity index (χ2v) is 6.40. The van der Waals surface area contributed by atoms with E-state index in [9.17, 15) is 22.8 Å². The summed E-state index contributed by atoms with van der Waals surface area (Å²) in [6.07, 6.45) is -3.70. The molecule has 0 aliphatic heterocycles. The van der Waals surface area contributed by atoms with E-state index in [0.29, 0.717) is 12.2 Å². The number of imide groups is 1. The molecule has 0 fully saturated rings. The SMILES string of the molecule is CCC(COc1cccc(C(F)(F)F)c1)OC(=O)N(CCSC)C(C)=O. The highest BCUT2D eigenvalue weighted by Gasteiger charge is 2.30. The van der Waals surface area contributed by atoms with Crippen molar-refractivity contribution in [1.82, 2.24) is 4.90 Å². The third-order valence-electron chi connectivity index (χ3n) is 3.44. The van der Waals surface area contributed by atoms with Gasteiger partial charge in [0.1, 0.15) is 18.5 Å². The molecule has 9 heteroatoms. The van der Waals surface area contributed by atoms with Crippen LogP contribution in [-0.2, 0) is 15.7 Å². The van der Waals surface area contributed by atoms with Gasteiger partial charge in [-0.2, -0.15) is 24.9 Å². The number of carbonyl (C=O) groups excluding carboxylic acids is 2. The smallest absolute Gasteiger partial charge is 0.416 e. The molecule has 0 radical (unpaired) electrons. The van der Waals surface area contributed by atoms with Crippen molar-refractivity contribution in [2.24, 2.45) is 0 Å². The summed E-state index contributed by atoms with van der Waals surface area (Å²) in [6, 6.07) is 4.46. The first-order chi connectivity index (χ1) is 12.2. The van der Waals surface area contributed by atoms with Crippen molar-refractivity contribution in [3.05, 3.63) is 29.8 Å². The highest BCUT2D eigenvalue weighted by Crippen LogP contribution is 2.31. The first kappa shape index (κ1) is 22.1. The molecule has 1 aromatic rings. The number of ether oxygens (including phenoxy) is 2. The number of nitrogens with zero attached hydrogens (tertiary/aromatic N) is 1. The summed E-state index contributed by atoms with van der Waals surface area (Å²) in [7, 11) is 0. The Bertz CT molecular complexity index is 610. The second-order valence-electron chi connectivity index (χ2n) is 5.41. The summed E-state index contributed by atoms with van der Waals surface area (Å²) in [5.74, 6) is 0.171. The maximum atomic E-state index is 12.7. The van der Waals surface area contributed by atoms with E-state index in [1.54, 1.807) is 6.92 Å². The van der Waals surface area contributed by atoms with E-state index in [2.05, 4.69) is 0 Å². The van der Waals surface area contributed by atoms with Gasteiger partial charge >= 0.3 is 12.3 Å². The fourth-order valence-corrected chi connectivity index (χ4v) is 2.32. The van der Waals surface area contributed by atoms with Gasteiger partial charge in [0.15, 0.2) is 0 Å². The zero-order valence-corrected chi connectivity index (χ0v) is 15.7. The van der Waals surface area contributed by atoms with Crippen molar-refractivity contribution in [2.45, 2.75) is 32.5 Å². The largest absolute Gasteiger partial charge is 0.490 e. The molecular weight excluding hydrogens is 371 g/mol. The molecule has 0 aliphatic rings. The molecule has 0 heterocycles.